The van der Waals surface area contributed by atoms with Crippen molar-refractivity contribution in [1.29, 1.82) is 0 Å². The van der Waals surface area contributed by atoms with Crippen LogP contribution in [0.15, 0.2) is 53.4 Å². The number of rotatable bonds is 6. The van der Waals surface area contributed by atoms with Crippen molar-refractivity contribution in [2.45, 2.75) is 24.2 Å². The Bertz CT molecular complexity index is 905. The van der Waals surface area contributed by atoms with Crippen molar-refractivity contribution in [2.75, 3.05) is 33.2 Å². The van der Waals surface area contributed by atoms with Crippen LogP contribution in [0.25, 0.3) is 0 Å². The van der Waals surface area contributed by atoms with Crippen molar-refractivity contribution in [3.8, 4) is 0 Å². The largest absolute Gasteiger partial charge is 0.416 e. The topological polar surface area (TPSA) is 52.6 Å². The van der Waals surface area contributed by atoms with Crippen LogP contribution in [0.2, 0.25) is 0 Å². The Balaban J connectivity index is 1.56. The van der Waals surface area contributed by atoms with E-state index in [1.165, 1.54) is 0 Å². The molecule has 0 atom stereocenters. The molecule has 1 fully saturated rings. The lowest BCUT2D eigenvalue weighted by Gasteiger charge is -2.32. The van der Waals surface area contributed by atoms with Crippen LogP contribution in [0.4, 0.5) is 13.2 Å². The SMILES string of the molecule is CN1CCN(Cc2ccc(CNS(=O)(=O)c3ccc(C(F)(F)F)cc3)cc2)CC1. The molecular formula is C20H24F3N3O2S. The minimum atomic E-state index is -4.50. The normalized spacial score (nSPS) is 16.8. The van der Waals surface area contributed by atoms with Gasteiger partial charge in [-0.25, -0.2) is 13.1 Å². The molecule has 2 aromatic rings. The van der Waals surface area contributed by atoms with E-state index in [1.807, 2.05) is 24.3 Å². The van der Waals surface area contributed by atoms with Gasteiger partial charge >= 0.3 is 6.18 Å². The monoisotopic (exact) mass is 427 g/mol. The first-order valence-electron chi connectivity index (χ1n) is 9.29. The van der Waals surface area contributed by atoms with Crippen molar-refractivity contribution >= 4 is 10.0 Å². The summed E-state index contributed by atoms with van der Waals surface area (Å²) >= 11 is 0. The van der Waals surface area contributed by atoms with E-state index in [1.54, 1.807) is 0 Å². The molecule has 0 aliphatic carbocycles. The van der Waals surface area contributed by atoms with Gasteiger partial charge < -0.3 is 4.90 Å². The van der Waals surface area contributed by atoms with Gasteiger partial charge in [-0.1, -0.05) is 24.3 Å². The van der Waals surface area contributed by atoms with Gasteiger partial charge in [-0.3, -0.25) is 4.90 Å². The predicted octanol–water partition coefficient (Wildman–Crippen LogP) is 2.93. The van der Waals surface area contributed by atoms with Crippen LogP contribution in [0.1, 0.15) is 16.7 Å². The summed E-state index contributed by atoms with van der Waals surface area (Å²) in [6.45, 7) is 5.05. The molecule has 3 rings (SSSR count). The van der Waals surface area contributed by atoms with Gasteiger partial charge in [-0.05, 0) is 42.4 Å². The quantitative estimate of drug-likeness (QED) is 0.770. The zero-order chi connectivity index (χ0) is 21.1. The molecule has 158 valence electrons. The lowest BCUT2D eigenvalue weighted by atomic mass is 10.1. The van der Waals surface area contributed by atoms with Crippen molar-refractivity contribution in [1.82, 2.24) is 14.5 Å². The maximum absolute atomic E-state index is 12.6. The Morgan fingerprint density at radius 2 is 1.45 bits per heavy atom. The average Bonchev–Trinajstić information content (AvgIpc) is 2.69. The summed E-state index contributed by atoms with van der Waals surface area (Å²) in [6, 6.07) is 11.1. The van der Waals surface area contributed by atoms with E-state index in [4.69, 9.17) is 0 Å². The fourth-order valence-electron chi connectivity index (χ4n) is 3.11. The van der Waals surface area contributed by atoms with Gasteiger partial charge in [0.15, 0.2) is 0 Å². The summed E-state index contributed by atoms with van der Waals surface area (Å²) in [5.41, 5.74) is 1.05. The van der Waals surface area contributed by atoms with Gasteiger partial charge in [0.25, 0.3) is 0 Å². The number of sulfonamides is 1. The first-order chi connectivity index (χ1) is 13.6. The first-order valence-corrected chi connectivity index (χ1v) is 10.8. The van der Waals surface area contributed by atoms with E-state index in [0.717, 1.165) is 68.1 Å². The maximum atomic E-state index is 12.6. The van der Waals surface area contributed by atoms with Gasteiger partial charge in [0.2, 0.25) is 10.0 Å². The Kier molecular flexibility index (Phi) is 6.62. The van der Waals surface area contributed by atoms with Crippen LogP contribution in [0.5, 0.6) is 0 Å². The van der Waals surface area contributed by atoms with Gasteiger partial charge in [0.05, 0.1) is 10.5 Å². The van der Waals surface area contributed by atoms with E-state index in [0.29, 0.717) is 0 Å². The second kappa shape index (κ2) is 8.83. The van der Waals surface area contributed by atoms with E-state index < -0.39 is 21.8 Å². The fraction of sp³-hybridized carbons (Fsp3) is 0.400. The van der Waals surface area contributed by atoms with Gasteiger partial charge in [-0.15, -0.1) is 0 Å². The molecule has 2 aromatic carbocycles. The van der Waals surface area contributed by atoms with Crippen LogP contribution >= 0.6 is 0 Å². The molecule has 1 saturated heterocycles. The second-order valence-corrected chi connectivity index (χ2v) is 9.01. The van der Waals surface area contributed by atoms with Crippen molar-refractivity contribution in [2.24, 2.45) is 0 Å². The number of nitrogens with zero attached hydrogens (tertiary/aromatic N) is 2. The zero-order valence-electron chi connectivity index (χ0n) is 16.1. The number of benzene rings is 2. The molecule has 0 unspecified atom stereocenters. The van der Waals surface area contributed by atoms with Crippen molar-refractivity contribution < 1.29 is 21.6 Å². The van der Waals surface area contributed by atoms with Crippen LogP contribution in [0.3, 0.4) is 0 Å². The summed E-state index contributed by atoms with van der Waals surface area (Å²) in [7, 11) is -1.78. The van der Waals surface area contributed by atoms with Crippen LogP contribution in [-0.2, 0) is 29.3 Å². The first kappa shape index (κ1) is 21.8. The number of likely N-dealkylation sites (N-methyl/N-ethyl adjacent to an activating group) is 1. The fourth-order valence-corrected chi connectivity index (χ4v) is 4.13. The van der Waals surface area contributed by atoms with Crippen LogP contribution in [-0.4, -0.2) is 51.4 Å². The number of halogens is 3. The highest BCUT2D eigenvalue weighted by Gasteiger charge is 2.30. The van der Waals surface area contributed by atoms with E-state index >= 15 is 0 Å². The molecule has 0 saturated carbocycles. The summed E-state index contributed by atoms with van der Waals surface area (Å²) < 4.78 is 64.9. The number of hydrogen-bond acceptors (Lipinski definition) is 4. The standard InChI is InChI=1S/C20H24F3N3O2S/c1-25-10-12-26(13-11-25)15-17-4-2-16(3-5-17)14-24-29(27,28)19-8-6-18(7-9-19)20(21,22)23/h2-9,24H,10-15H2,1H3. The number of hydrogen-bond donors (Lipinski definition) is 1. The molecular weight excluding hydrogens is 403 g/mol. The molecule has 0 bridgehead atoms. The Morgan fingerprint density at radius 3 is 2.00 bits per heavy atom. The molecule has 29 heavy (non-hydrogen) atoms. The molecule has 1 N–H and O–H groups in total. The zero-order valence-corrected chi connectivity index (χ0v) is 16.9. The summed E-state index contributed by atoms with van der Waals surface area (Å²) in [4.78, 5) is 4.47. The summed E-state index contributed by atoms with van der Waals surface area (Å²) in [5, 5.41) is 0. The molecule has 5 nitrogen and oxygen atoms in total. The Hall–Kier alpha value is -1.94. The molecule has 0 aromatic heterocycles. The third kappa shape index (κ3) is 6.02. The summed E-state index contributed by atoms with van der Waals surface area (Å²) in [5.74, 6) is 0. The highest BCUT2D eigenvalue weighted by molar-refractivity contribution is 7.89. The van der Waals surface area contributed by atoms with Crippen LogP contribution < -0.4 is 4.72 Å². The lowest BCUT2D eigenvalue weighted by Crippen LogP contribution is -2.43. The third-order valence-electron chi connectivity index (χ3n) is 4.98. The second-order valence-electron chi connectivity index (χ2n) is 7.24. The molecule has 1 aliphatic rings. The minimum Gasteiger partial charge on any atom is -0.304 e. The predicted molar refractivity (Wildman–Crippen MR) is 105 cm³/mol. The third-order valence-corrected chi connectivity index (χ3v) is 6.40. The molecule has 1 heterocycles. The number of alkyl halides is 3. The van der Waals surface area contributed by atoms with E-state index in [9.17, 15) is 21.6 Å². The molecule has 0 amide bonds. The van der Waals surface area contributed by atoms with Gasteiger partial charge in [0.1, 0.15) is 0 Å². The molecule has 0 spiro atoms. The smallest absolute Gasteiger partial charge is 0.304 e. The minimum absolute atomic E-state index is 0.0676. The average molecular weight is 427 g/mol. The highest BCUT2D eigenvalue weighted by atomic mass is 32.2. The molecule has 9 heteroatoms. The van der Waals surface area contributed by atoms with Crippen molar-refractivity contribution in [3.05, 3.63) is 65.2 Å². The van der Waals surface area contributed by atoms with Gasteiger partial charge in [-0.2, -0.15) is 13.2 Å². The van der Waals surface area contributed by atoms with Gasteiger partial charge in [0, 0.05) is 39.3 Å². The van der Waals surface area contributed by atoms with Crippen LogP contribution in [0, 0.1) is 0 Å². The Morgan fingerprint density at radius 1 is 0.897 bits per heavy atom. The van der Waals surface area contributed by atoms with E-state index in [2.05, 4.69) is 21.6 Å². The molecule has 0 radical (unpaired) electrons. The summed E-state index contributed by atoms with van der Waals surface area (Å²) in [6.07, 6.45) is -4.50. The van der Waals surface area contributed by atoms with E-state index in [-0.39, 0.29) is 11.4 Å². The maximum Gasteiger partial charge on any atom is 0.416 e. The Labute approximate surface area is 169 Å². The molecule has 1 aliphatic heterocycles. The number of nitrogens with one attached hydrogen (secondary N) is 1. The van der Waals surface area contributed by atoms with Crippen molar-refractivity contribution in [3.63, 3.8) is 0 Å². The lowest BCUT2D eigenvalue weighted by molar-refractivity contribution is -0.137. The highest BCUT2D eigenvalue weighted by Crippen LogP contribution is 2.29. The number of piperazine rings is 1.